The topological polar surface area (TPSA) is 97.6 Å². The van der Waals surface area contributed by atoms with Crippen molar-refractivity contribution in [2.45, 2.75) is 19.9 Å². The van der Waals surface area contributed by atoms with Crippen molar-refractivity contribution in [2.75, 3.05) is 6.61 Å². The van der Waals surface area contributed by atoms with E-state index >= 15 is 0 Å². The van der Waals surface area contributed by atoms with Crippen molar-refractivity contribution >= 4 is 17.9 Å². The fraction of sp³-hybridized carbons (Fsp3) is 0.235. The van der Waals surface area contributed by atoms with Gasteiger partial charge in [0.15, 0.2) is 6.61 Å². The van der Waals surface area contributed by atoms with E-state index in [1.165, 1.54) is 6.26 Å². The third kappa shape index (κ3) is 5.96. The minimum Gasteiger partial charge on any atom is -0.467 e. The first-order valence-electron chi connectivity index (χ1n) is 7.34. The number of amides is 3. The summed E-state index contributed by atoms with van der Waals surface area (Å²) < 4.78 is 9.87. The fourth-order valence-electron chi connectivity index (χ4n) is 1.86. The largest absolute Gasteiger partial charge is 0.467 e. The Labute approximate surface area is 139 Å². The lowest BCUT2D eigenvalue weighted by molar-refractivity contribution is -0.147. The number of hydrogen-bond donors (Lipinski definition) is 2. The zero-order valence-corrected chi connectivity index (χ0v) is 13.2. The second-order valence-corrected chi connectivity index (χ2v) is 5.13. The molecular weight excluding hydrogens is 312 g/mol. The summed E-state index contributed by atoms with van der Waals surface area (Å²) >= 11 is 0. The predicted molar refractivity (Wildman–Crippen MR) is 84.9 cm³/mol. The number of ether oxygens (including phenoxy) is 1. The molecule has 0 aliphatic carbocycles. The molecule has 0 unspecified atom stereocenters. The standard InChI is InChI=1S/C17H18N2O5/c1-12-4-6-13(7-5-12)9-16(21)24-11-15(20)19-17(22)18-10-14-3-2-8-23-14/h2-8H,9-11H2,1H3,(H2,18,19,20,22). The summed E-state index contributed by atoms with van der Waals surface area (Å²) in [4.78, 5) is 34.7. The summed E-state index contributed by atoms with van der Waals surface area (Å²) in [5.41, 5.74) is 1.88. The zero-order chi connectivity index (χ0) is 17.4. The van der Waals surface area contributed by atoms with E-state index in [-0.39, 0.29) is 13.0 Å². The van der Waals surface area contributed by atoms with Crippen LogP contribution in [-0.2, 0) is 27.3 Å². The number of rotatable bonds is 6. The van der Waals surface area contributed by atoms with Gasteiger partial charge in [-0.1, -0.05) is 29.8 Å². The maximum Gasteiger partial charge on any atom is 0.321 e. The molecule has 7 nitrogen and oxygen atoms in total. The van der Waals surface area contributed by atoms with Gasteiger partial charge >= 0.3 is 12.0 Å². The highest BCUT2D eigenvalue weighted by Crippen LogP contribution is 2.04. The second-order valence-electron chi connectivity index (χ2n) is 5.13. The summed E-state index contributed by atoms with van der Waals surface area (Å²) in [7, 11) is 0. The van der Waals surface area contributed by atoms with Crippen LogP contribution in [0.4, 0.5) is 4.79 Å². The molecular formula is C17H18N2O5. The Morgan fingerprint density at radius 1 is 1.12 bits per heavy atom. The molecule has 0 aliphatic heterocycles. The minimum atomic E-state index is -0.704. The van der Waals surface area contributed by atoms with Gasteiger partial charge in [0.1, 0.15) is 5.76 Å². The first-order chi connectivity index (χ1) is 11.5. The molecule has 24 heavy (non-hydrogen) atoms. The molecule has 1 aromatic heterocycles. The number of furan rings is 1. The normalized spacial score (nSPS) is 10.0. The number of urea groups is 1. The molecule has 0 aliphatic rings. The minimum absolute atomic E-state index is 0.0677. The lowest BCUT2D eigenvalue weighted by Crippen LogP contribution is -2.41. The van der Waals surface area contributed by atoms with Crippen LogP contribution in [0.3, 0.4) is 0 Å². The van der Waals surface area contributed by atoms with Gasteiger partial charge in [-0.3, -0.25) is 14.9 Å². The average Bonchev–Trinajstić information content (AvgIpc) is 3.07. The summed E-state index contributed by atoms with van der Waals surface area (Å²) in [5, 5.41) is 4.50. The average molecular weight is 330 g/mol. The molecule has 2 aromatic rings. The molecule has 0 fully saturated rings. The lowest BCUT2D eigenvalue weighted by Gasteiger charge is -2.07. The molecule has 1 aromatic carbocycles. The second kappa shape index (κ2) is 8.52. The molecule has 3 amide bonds. The molecule has 0 bridgehead atoms. The summed E-state index contributed by atoms with van der Waals surface area (Å²) in [6.07, 6.45) is 1.55. The van der Waals surface area contributed by atoms with E-state index in [1.54, 1.807) is 12.1 Å². The Morgan fingerprint density at radius 2 is 1.88 bits per heavy atom. The van der Waals surface area contributed by atoms with E-state index < -0.39 is 24.5 Å². The van der Waals surface area contributed by atoms with Crippen LogP contribution in [0.2, 0.25) is 0 Å². The van der Waals surface area contributed by atoms with Gasteiger partial charge in [-0.2, -0.15) is 0 Å². The van der Waals surface area contributed by atoms with E-state index in [1.807, 2.05) is 31.2 Å². The first kappa shape index (κ1) is 17.3. The van der Waals surface area contributed by atoms with Crippen molar-refractivity contribution in [3.05, 3.63) is 59.5 Å². The van der Waals surface area contributed by atoms with Gasteiger partial charge in [-0.05, 0) is 24.6 Å². The van der Waals surface area contributed by atoms with Crippen LogP contribution < -0.4 is 10.6 Å². The number of carbonyl (C=O) groups excluding carboxylic acids is 3. The molecule has 126 valence electrons. The van der Waals surface area contributed by atoms with Crippen molar-refractivity contribution in [3.63, 3.8) is 0 Å². The Morgan fingerprint density at radius 3 is 2.54 bits per heavy atom. The number of nitrogens with one attached hydrogen (secondary N) is 2. The zero-order valence-electron chi connectivity index (χ0n) is 13.2. The maximum atomic E-state index is 11.7. The maximum absolute atomic E-state index is 11.7. The molecule has 0 saturated carbocycles. The van der Waals surface area contributed by atoms with Gasteiger partial charge < -0.3 is 14.5 Å². The Hall–Kier alpha value is -3.09. The number of esters is 1. The van der Waals surface area contributed by atoms with Crippen LogP contribution in [0.25, 0.3) is 0 Å². The van der Waals surface area contributed by atoms with Crippen LogP contribution in [0.15, 0.2) is 47.1 Å². The molecule has 0 spiro atoms. The lowest BCUT2D eigenvalue weighted by atomic mass is 10.1. The SMILES string of the molecule is Cc1ccc(CC(=O)OCC(=O)NC(=O)NCc2ccco2)cc1. The number of aryl methyl sites for hydroxylation is 1. The quantitative estimate of drug-likeness (QED) is 0.786. The predicted octanol–water partition coefficient (Wildman–Crippen LogP) is 1.70. The van der Waals surface area contributed by atoms with Gasteiger partial charge in [-0.25, -0.2) is 4.79 Å². The van der Waals surface area contributed by atoms with Crippen molar-refractivity contribution in [1.29, 1.82) is 0 Å². The van der Waals surface area contributed by atoms with Crippen LogP contribution in [-0.4, -0.2) is 24.5 Å². The Kier molecular flexibility index (Phi) is 6.13. The molecule has 2 N–H and O–H groups in total. The number of benzene rings is 1. The van der Waals surface area contributed by atoms with Crippen molar-refractivity contribution in [2.24, 2.45) is 0 Å². The third-order valence-corrected chi connectivity index (χ3v) is 3.09. The van der Waals surface area contributed by atoms with Crippen molar-refractivity contribution < 1.29 is 23.5 Å². The van der Waals surface area contributed by atoms with Gasteiger partial charge in [-0.15, -0.1) is 0 Å². The van der Waals surface area contributed by atoms with Crippen LogP contribution in [0.1, 0.15) is 16.9 Å². The monoisotopic (exact) mass is 330 g/mol. The van der Waals surface area contributed by atoms with Gasteiger partial charge in [0.25, 0.3) is 5.91 Å². The Balaban J connectivity index is 1.65. The molecule has 0 saturated heterocycles. The number of carbonyl (C=O) groups is 3. The Bertz CT molecular complexity index is 692. The van der Waals surface area contributed by atoms with Gasteiger partial charge in [0.2, 0.25) is 0 Å². The van der Waals surface area contributed by atoms with Crippen molar-refractivity contribution in [1.82, 2.24) is 10.6 Å². The van der Waals surface area contributed by atoms with Crippen LogP contribution in [0.5, 0.6) is 0 Å². The molecule has 7 heteroatoms. The van der Waals surface area contributed by atoms with Gasteiger partial charge in [0.05, 0.1) is 19.2 Å². The molecule has 0 atom stereocenters. The summed E-state index contributed by atoms with van der Waals surface area (Å²) in [5.74, 6) is -0.684. The smallest absolute Gasteiger partial charge is 0.321 e. The molecule has 2 rings (SSSR count). The van der Waals surface area contributed by atoms with E-state index in [4.69, 9.17) is 9.15 Å². The highest BCUT2D eigenvalue weighted by molar-refractivity contribution is 5.95. The van der Waals surface area contributed by atoms with Crippen LogP contribution >= 0.6 is 0 Å². The van der Waals surface area contributed by atoms with Crippen LogP contribution in [0, 0.1) is 6.92 Å². The van der Waals surface area contributed by atoms with E-state index in [2.05, 4.69) is 10.6 Å². The summed E-state index contributed by atoms with van der Waals surface area (Å²) in [6.45, 7) is 1.58. The highest BCUT2D eigenvalue weighted by Gasteiger charge is 2.11. The first-order valence-corrected chi connectivity index (χ1v) is 7.34. The third-order valence-electron chi connectivity index (χ3n) is 3.09. The van der Waals surface area contributed by atoms with Gasteiger partial charge in [0, 0.05) is 0 Å². The number of imide groups is 1. The molecule has 1 heterocycles. The van der Waals surface area contributed by atoms with Crippen molar-refractivity contribution in [3.8, 4) is 0 Å². The number of hydrogen-bond acceptors (Lipinski definition) is 5. The highest BCUT2D eigenvalue weighted by atomic mass is 16.5. The fourth-order valence-corrected chi connectivity index (χ4v) is 1.86. The van der Waals surface area contributed by atoms with E-state index in [9.17, 15) is 14.4 Å². The van der Waals surface area contributed by atoms with E-state index in [0.717, 1.165) is 11.1 Å². The molecule has 0 radical (unpaired) electrons. The summed E-state index contributed by atoms with van der Waals surface area (Å²) in [6, 6.07) is 10.1. The van der Waals surface area contributed by atoms with E-state index in [0.29, 0.717) is 5.76 Å².